The van der Waals surface area contributed by atoms with Gasteiger partial charge in [-0.3, -0.25) is 0 Å². The molecule has 0 saturated heterocycles. The second-order valence-corrected chi connectivity index (χ2v) is 6.86. The number of nitrogens with one attached hydrogen (secondary N) is 1. The van der Waals surface area contributed by atoms with Gasteiger partial charge in [0, 0.05) is 37.7 Å². The number of rotatable bonds is 5. The Labute approximate surface area is 128 Å². The molecule has 1 N–H and O–H groups in total. The van der Waals surface area contributed by atoms with E-state index in [2.05, 4.69) is 34.0 Å². The van der Waals surface area contributed by atoms with Crippen LogP contribution in [0.3, 0.4) is 0 Å². The minimum absolute atomic E-state index is 0.685. The monoisotopic (exact) mass is 288 g/mol. The second kappa shape index (κ2) is 6.73. The van der Waals surface area contributed by atoms with E-state index in [4.69, 9.17) is 0 Å². The van der Waals surface area contributed by atoms with Crippen LogP contribution in [0.25, 0.3) is 0 Å². The maximum absolute atomic E-state index is 4.69. The van der Waals surface area contributed by atoms with Crippen molar-refractivity contribution in [3.05, 3.63) is 17.6 Å². The highest BCUT2D eigenvalue weighted by molar-refractivity contribution is 5.50. The van der Waals surface area contributed by atoms with E-state index in [1.54, 1.807) is 6.33 Å². The number of fused-ring (bicyclic) bond motifs is 1. The number of hydrogen-bond donors (Lipinski definition) is 1. The third-order valence-electron chi connectivity index (χ3n) is 4.84. The zero-order valence-electron chi connectivity index (χ0n) is 13.4. The molecule has 2 aliphatic rings. The van der Waals surface area contributed by atoms with Crippen molar-refractivity contribution in [2.45, 2.75) is 65.0 Å². The first-order chi connectivity index (χ1) is 10.3. The molecule has 1 fully saturated rings. The molecule has 4 nitrogen and oxygen atoms in total. The Bertz CT molecular complexity index is 466. The van der Waals surface area contributed by atoms with Crippen LogP contribution < -0.4 is 10.2 Å². The van der Waals surface area contributed by atoms with Gasteiger partial charge in [-0.25, -0.2) is 9.97 Å². The first kappa shape index (κ1) is 14.8. The molecule has 2 heterocycles. The molecule has 1 aliphatic heterocycles. The molecule has 0 bridgehead atoms. The number of nitrogens with zero attached hydrogens (tertiary/aromatic N) is 3. The molecule has 4 heteroatoms. The summed E-state index contributed by atoms with van der Waals surface area (Å²) in [7, 11) is 0. The smallest absolute Gasteiger partial charge is 0.136 e. The quantitative estimate of drug-likeness (QED) is 0.904. The lowest BCUT2D eigenvalue weighted by Gasteiger charge is -2.33. The Morgan fingerprint density at radius 1 is 1.29 bits per heavy atom. The van der Waals surface area contributed by atoms with E-state index in [9.17, 15) is 0 Å². The van der Waals surface area contributed by atoms with Gasteiger partial charge in [-0.1, -0.05) is 26.7 Å². The predicted octanol–water partition coefficient (Wildman–Crippen LogP) is 2.92. The Morgan fingerprint density at radius 3 is 2.86 bits per heavy atom. The van der Waals surface area contributed by atoms with Crippen molar-refractivity contribution < 1.29 is 0 Å². The Balaban J connectivity index is 1.87. The van der Waals surface area contributed by atoms with Gasteiger partial charge in [-0.05, 0) is 25.2 Å². The lowest BCUT2D eigenvalue weighted by molar-refractivity contribution is 0.519. The zero-order valence-corrected chi connectivity index (χ0v) is 13.4. The molecular weight excluding hydrogens is 260 g/mol. The maximum Gasteiger partial charge on any atom is 0.136 e. The van der Waals surface area contributed by atoms with Crippen molar-refractivity contribution in [2.24, 2.45) is 5.92 Å². The topological polar surface area (TPSA) is 41.1 Å². The van der Waals surface area contributed by atoms with Gasteiger partial charge in [0.05, 0.1) is 5.69 Å². The van der Waals surface area contributed by atoms with Crippen LogP contribution in [0.1, 0.15) is 57.2 Å². The summed E-state index contributed by atoms with van der Waals surface area (Å²) in [5, 5.41) is 3.48. The van der Waals surface area contributed by atoms with Crippen molar-refractivity contribution in [3.63, 3.8) is 0 Å². The van der Waals surface area contributed by atoms with Crippen molar-refractivity contribution >= 4 is 5.82 Å². The van der Waals surface area contributed by atoms with Crippen LogP contribution in [0.2, 0.25) is 0 Å². The highest BCUT2D eigenvalue weighted by Crippen LogP contribution is 2.31. The van der Waals surface area contributed by atoms with Gasteiger partial charge in [0.25, 0.3) is 0 Å². The second-order valence-electron chi connectivity index (χ2n) is 6.86. The number of aromatic nitrogens is 2. The summed E-state index contributed by atoms with van der Waals surface area (Å²) in [5.74, 6) is 1.95. The summed E-state index contributed by atoms with van der Waals surface area (Å²) in [4.78, 5) is 11.8. The third kappa shape index (κ3) is 3.37. The van der Waals surface area contributed by atoms with Crippen LogP contribution in [0.4, 0.5) is 5.82 Å². The van der Waals surface area contributed by atoms with Gasteiger partial charge in [0.15, 0.2) is 0 Å². The SMILES string of the molecule is CC(C)CCN(c1ncnc2c1CNCC2)C1CCCC1. The molecule has 0 amide bonds. The van der Waals surface area contributed by atoms with E-state index in [-0.39, 0.29) is 0 Å². The lowest BCUT2D eigenvalue weighted by atomic mass is 10.0. The number of anilines is 1. The van der Waals surface area contributed by atoms with E-state index < -0.39 is 0 Å². The number of hydrogen-bond acceptors (Lipinski definition) is 4. The van der Waals surface area contributed by atoms with Gasteiger partial charge in [0.2, 0.25) is 0 Å². The molecular formula is C17H28N4. The molecule has 21 heavy (non-hydrogen) atoms. The van der Waals surface area contributed by atoms with E-state index >= 15 is 0 Å². The largest absolute Gasteiger partial charge is 0.353 e. The molecule has 0 radical (unpaired) electrons. The third-order valence-corrected chi connectivity index (χ3v) is 4.84. The van der Waals surface area contributed by atoms with Crippen LogP contribution in [-0.4, -0.2) is 29.1 Å². The Kier molecular flexibility index (Phi) is 4.73. The van der Waals surface area contributed by atoms with Crippen LogP contribution in [-0.2, 0) is 13.0 Å². The van der Waals surface area contributed by atoms with Gasteiger partial charge in [0.1, 0.15) is 12.1 Å². The van der Waals surface area contributed by atoms with Crippen LogP contribution in [0.15, 0.2) is 6.33 Å². The van der Waals surface area contributed by atoms with Gasteiger partial charge >= 0.3 is 0 Å². The van der Waals surface area contributed by atoms with E-state index in [0.717, 1.165) is 32.0 Å². The summed E-state index contributed by atoms with van der Waals surface area (Å²) >= 11 is 0. The van der Waals surface area contributed by atoms with Crippen molar-refractivity contribution in [3.8, 4) is 0 Å². The minimum atomic E-state index is 0.685. The Morgan fingerprint density at radius 2 is 2.10 bits per heavy atom. The summed E-state index contributed by atoms with van der Waals surface area (Å²) in [5.41, 5.74) is 2.60. The fraction of sp³-hybridized carbons (Fsp3) is 0.765. The molecule has 0 spiro atoms. The molecule has 1 aliphatic carbocycles. The van der Waals surface area contributed by atoms with Gasteiger partial charge < -0.3 is 10.2 Å². The van der Waals surface area contributed by atoms with Crippen molar-refractivity contribution in [2.75, 3.05) is 18.0 Å². The van der Waals surface area contributed by atoms with Gasteiger partial charge in [-0.15, -0.1) is 0 Å². The van der Waals surface area contributed by atoms with E-state index in [1.165, 1.54) is 49.2 Å². The average molecular weight is 288 g/mol. The maximum atomic E-state index is 4.69. The Hall–Kier alpha value is -1.16. The fourth-order valence-electron chi connectivity index (χ4n) is 3.58. The van der Waals surface area contributed by atoms with E-state index in [1.807, 2.05) is 0 Å². The fourth-order valence-corrected chi connectivity index (χ4v) is 3.58. The van der Waals surface area contributed by atoms with Crippen LogP contribution >= 0.6 is 0 Å². The lowest BCUT2D eigenvalue weighted by Crippen LogP contribution is -2.38. The highest BCUT2D eigenvalue weighted by Gasteiger charge is 2.27. The first-order valence-electron chi connectivity index (χ1n) is 8.56. The summed E-state index contributed by atoms with van der Waals surface area (Å²) in [6.07, 6.45) is 9.43. The van der Waals surface area contributed by atoms with Crippen LogP contribution in [0, 0.1) is 5.92 Å². The highest BCUT2D eigenvalue weighted by atomic mass is 15.2. The normalized spacial score (nSPS) is 19.0. The summed E-state index contributed by atoms with van der Waals surface area (Å²) in [6.45, 7) is 7.72. The minimum Gasteiger partial charge on any atom is -0.353 e. The predicted molar refractivity (Wildman–Crippen MR) is 86.5 cm³/mol. The van der Waals surface area contributed by atoms with E-state index in [0.29, 0.717) is 6.04 Å². The standard InChI is InChI=1S/C17H28N4/c1-13(2)8-10-21(14-5-3-4-6-14)17-15-11-18-9-7-16(15)19-12-20-17/h12-14,18H,3-11H2,1-2H3. The van der Waals surface area contributed by atoms with Crippen molar-refractivity contribution in [1.82, 2.24) is 15.3 Å². The molecule has 0 aromatic carbocycles. The molecule has 0 atom stereocenters. The molecule has 0 unspecified atom stereocenters. The zero-order chi connectivity index (χ0) is 14.7. The van der Waals surface area contributed by atoms with Crippen LogP contribution in [0.5, 0.6) is 0 Å². The molecule has 1 aromatic heterocycles. The molecule has 3 rings (SSSR count). The molecule has 1 saturated carbocycles. The van der Waals surface area contributed by atoms with Gasteiger partial charge in [-0.2, -0.15) is 0 Å². The first-order valence-corrected chi connectivity index (χ1v) is 8.56. The summed E-state index contributed by atoms with van der Waals surface area (Å²) in [6, 6.07) is 0.685. The summed E-state index contributed by atoms with van der Waals surface area (Å²) < 4.78 is 0. The molecule has 1 aromatic rings. The molecule has 116 valence electrons. The average Bonchev–Trinajstić information content (AvgIpc) is 3.01. The van der Waals surface area contributed by atoms with Crippen molar-refractivity contribution in [1.29, 1.82) is 0 Å².